The van der Waals surface area contributed by atoms with E-state index in [1.807, 2.05) is 4.90 Å². The highest BCUT2D eigenvalue weighted by atomic mass is 35.5. The van der Waals surface area contributed by atoms with Crippen molar-refractivity contribution in [3.63, 3.8) is 0 Å². The number of amides is 1. The first kappa shape index (κ1) is 18.2. The van der Waals surface area contributed by atoms with E-state index in [0.29, 0.717) is 22.3 Å². The molecule has 2 aromatic rings. The number of nitrogens with zero attached hydrogens (tertiary/aromatic N) is 2. The molecular formula is C19H20ClN3O3. The SMILES string of the molecule is C[C@@H]1CCCN(c2ccc(C(=O)Nc3cccc(Cl)c3)cc2[N+](=O)[O-])C1. The number of anilines is 2. The van der Waals surface area contributed by atoms with Crippen LogP contribution in [0.5, 0.6) is 0 Å². The van der Waals surface area contributed by atoms with Crippen LogP contribution in [-0.2, 0) is 0 Å². The van der Waals surface area contributed by atoms with Crippen molar-refractivity contribution in [2.24, 2.45) is 5.92 Å². The Bertz CT molecular complexity index is 841. The topological polar surface area (TPSA) is 75.5 Å². The second-order valence-corrected chi connectivity index (χ2v) is 7.05. The van der Waals surface area contributed by atoms with Gasteiger partial charge in [0.1, 0.15) is 5.69 Å². The van der Waals surface area contributed by atoms with Gasteiger partial charge in [-0.3, -0.25) is 14.9 Å². The van der Waals surface area contributed by atoms with E-state index in [2.05, 4.69) is 12.2 Å². The summed E-state index contributed by atoms with van der Waals surface area (Å²) in [6.07, 6.45) is 2.14. The third-order valence-electron chi connectivity index (χ3n) is 4.51. The molecule has 0 aliphatic carbocycles. The van der Waals surface area contributed by atoms with Gasteiger partial charge in [-0.05, 0) is 49.1 Å². The van der Waals surface area contributed by atoms with Gasteiger partial charge in [0.15, 0.2) is 0 Å². The lowest BCUT2D eigenvalue weighted by molar-refractivity contribution is -0.384. The molecular weight excluding hydrogens is 354 g/mol. The molecule has 0 aromatic heterocycles. The van der Waals surface area contributed by atoms with Crippen molar-refractivity contribution in [1.82, 2.24) is 0 Å². The summed E-state index contributed by atoms with van der Waals surface area (Å²) in [4.78, 5) is 25.6. The van der Waals surface area contributed by atoms with Gasteiger partial charge in [0.2, 0.25) is 0 Å². The molecule has 1 atom stereocenters. The fourth-order valence-corrected chi connectivity index (χ4v) is 3.45. The summed E-state index contributed by atoms with van der Waals surface area (Å²) in [5, 5.41) is 14.8. The van der Waals surface area contributed by atoms with Gasteiger partial charge in [-0.1, -0.05) is 24.6 Å². The quantitative estimate of drug-likeness (QED) is 0.620. The van der Waals surface area contributed by atoms with E-state index >= 15 is 0 Å². The van der Waals surface area contributed by atoms with Gasteiger partial charge in [0.05, 0.1) is 4.92 Å². The van der Waals surface area contributed by atoms with E-state index in [-0.39, 0.29) is 11.3 Å². The molecule has 1 saturated heterocycles. The number of halogens is 1. The van der Waals surface area contributed by atoms with E-state index in [9.17, 15) is 14.9 Å². The first-order valence-corrected chi connectivity index (χ1v) is 8.92. The van der Waals surface area contributed by atoms with Gasteiger partial charge in [-0.15, -0.1) is 0 Å². The third-order valence-corrected chi connectivity index (χ3v) is 4.75. The Labute approximate surface area is 156 Å². The second-order valence-electron chi connectivity index (χ2n) is 6.62. The van der Waals surface area contributed by atoms with E-state index in [0.717, 1.165) is 25.9 Å². The Hall–Kier alpha value is -2.60. The summed E-state index contributed by atoms with van der Waals surface area (Å²) >= 11 is 5.91. The molecule has 26 heavy (non-hydrogen) atoms. The molecule has 0 spiro atoms. The standard InChI is InChI=1S/C19H20ClN3O3/c1-13-4-3-9-22(12-13)17-8-7-14(10-18(17)23(25)26)19(24)21-16-6-2-5-15(20)11-16/h2,5-8,10-11,13H,3-4,9,12H2,1H3,(H,21,24)/t13-/m1/s1. The second kappa shape index (κ2) is 7.74. The minimum absolute atomic E-state index is 0.0437. The lowest BCUT2D eigenvalue weighted by Crippen LogP contribution is -2.34. The van der Waals surface area contributed by atoms with Crippen LogP contribution in [0.1, 0.15) is 30.1 Å². The van der Waals surface area contributed by atoms with Gasteiger partial charge >= 0.3 is 0 Å². The average Bonchev–Trinajstić information content (AvgIpc) is 2.61. The number of nitro benzene ring substituents is 1. The van der Waals surface area contributed by atoms with Gasteiger partial charge in [-0.2, -0.15) is 0 Å². The van der Waals surface area contributed by atoms with Crippen molar-refractivity contribution in [2.75, 3.05) is 23.3 Å². The van der Waals surface area contributed by atoms with Crippen LogP contribution in [0.25, 0.3) is 0 Å². The zero-order valence-corrected chi connectivity index (χ0v) is 15.2. The number of hydrogen-bond acceptors (Lipinski definition) is 4. The fourth-order valence-electron chi connectivity index (χ4n) is 3.26. The molecule has 1 N–H and O–H groups in total. The average molecular weight is 374 g/mol. The summed E-state index contributed by atoms with van der Waals surface area (Å²) in [5.74, 6) is 0.0862. The Morgan fingerprint density at radius 3 is 2.81 bits per heavy atom. The first-order chi connectivity index (χ1) is 12.4. The monoisotopic (exact) mass is 373 g/mol. The number of hydrogen-bond donors (Lipinski definition) is 1. The highest BCUT2D eigenvalue weighted by Gasteiger charge is 2.25. The molecule has 1 fully saturated rings. The third kappa shape index (κ3) is 4.14. The number of nitrogens with one attached hydrogen (secondary N) is 1. The van der Waals surface area contributed by atoms with E-state index in [1.165, 1.54) is 6.07 Å². The van der Waals surface area contributed by atoms with Crippen LogP contribution in [0.2, 0.25) is 5.02 Å². The number of nitro groups is 1. The largest absolute Gasteiger partial charge is 0.366 e. The summed E-state index contributed by atoms with van der Waals surface area (Å²) in [7, 11) is 0. The molecule has 3 rings (SSSR count). The maximum atomic E-state index is 12.4. The van der Waals surface area contributed by atoms with E-state index in [1.54, 1.807) is 36.4 Å². The van der Waals surface area contributed by atoms with Crippen LogP contribution < -0.4 is 10.2 Å². The normalized spacial score (nSPS) is 17.0. The Kier molecular flexibility index (Phi) is 5.42. The smallest absolute Gasteiger partial charge is 0.293 e. The highest BCUT2D eigenvalue weighted by Crippen LogP contribution is 2.32. The number of carbonyl (C=O) groups is 1. The van der Waals surface area contributed by atoms with Crippen molar-refractivity contribution < 1.29 is 9.72 Å². The van der Waals surface area contributed by atoms with Crippen molar-refractivity contribution in [1.29, 1.82) is 0 Å². The minimum Gasteiger partial charge on any atom is -0.366 e. The van der Waals surface area contributed by atoms with Crippen LogP contribution >= 0.6 is 11.6 Å². The summed E-state index contributed by atoms with van der Waals surface area (Å²) < 4.78 is 0. The molecule has 1 amide bonds. The molecule has 2 aromatic carbocycles. The first-order valence-electron chi connectivity index (χ1n) is 8.54. The van der Waals surface area contributed by atoms with Gasteiger partial charge in [0, 0.05) is 35.4 Å². The molecule has 7 heteroatoms. The molecule has 1 heterocycles. The predicted molar refractivity (Wildman–Crippen MR) is 103 cm³/mol. The Balaban J connectivity index is 1.86. The summed E-state index contributed by atoms with van der Waals surface area (Å²) in [6, 6.07) is 11.4. The molecule has 6 nitrogen and oxygen atoms in total. The Morgan fingerprint density at radius 2 is 2.12 bits per heavy atom. The molecule has 0 unspecified atom stereocenters. The molecule has 136 valence electrons. The van der Waals surface area contributed by atoms with E-state index < -0.39 is 10.8 Å². The van der Waals surface area contributed by atoms with Crippen LogP contribution in [-0.4, -0.2) is 23.9 Å². The van der Waals surface area contributed by atoms with Crippen molar-refractivity contribution in [2.45, 2.75) is 19.8 Å². The van der Waals surface area contributed by atoms with Crippen LogP contribution in [0.15, 0.2) is 42.5 Å². The van der Waals surface area contributed by atoms with Gasteiger partial charge in [-0.25, -0.2) is 0 Å². The van der Waals surface area contributed by atoms with Gasteiger partial charge < -0.3 is 10.2 Å². The molecule has 0 bridgehead atoms. The molecule has 0 saturated carbocycles. The molecule has 0 radical (unpaired) electrons. The van der Waals surface area contributed by atoms with Crippen molar-refractivity contribution in [3.05, 3.63) is 63.2 Å². The summed E-state index contributed by atoms with van der Waals surface area (Å²) in [6.45, 7) is 3.72. The Morgan fingerprint density at radius 1 is 1.31 bits per heavy atom. The van der Waals surface area contributed by atoms with Crippen molar-refractivity contribution >= 4 is 34.6 Å². The van der Waals surface area contributed by atoms with Crippen LogP contribution in [0, 0.1) is 16.0 Å². The highest BCUT2D eigenvalue weighted by molar-refractivity contribution is 6.31. The lowest BCUT2D eigenvalue weighted by atomic mass is 9.99. The van der Waals surface area contributed by atoms with Crippen LogP contribution in [0.4, 0.5) is 17.1 Å². The lowest BCUT2D eigenvalue weighted by Gasteiger charge is -2.32. The zero-order chi connectivity index (χ0) is 18.7. The maximum absolute atomic E-state index is 12.4. The number of piperidine rings is 1. The number of rotatable bonds is 4. The van der Waals surface area contributed by atoms with Crippen LogP contribution in [0.3, 0.4) is 0 Å². The molecule has 1 aliphatic rings. The predicted octanol–water partition coefficient (Wildman–Crippen LogP) is 4.74. The van der Waals surface area contributed by atoms with Gasteiger partial charge in [0.25, 0.3) is 11.6 Å². The maximum Gasteiger partial charge on any atom is 0.293 e. The summed E-state index contributed by atoms with van der Waals surface area (Å²) in [5.41, 5.74) is 1.31. The fraction of sp³-hybridized carbons (Fsp3) is 0.316. The number of benzene rings is 2. The zero-order valence-electron chi connectivity index (χ0n) is 14.4. The van der Waals surface area contributed by atoms with Crippen molar-refractivity contribution in [3.8, 4) is 0 Å². The van der Waals surface area contributed by atoms with E-state index in [4.69, 9.17) is 11.6 Å². The number of carbonyl (C=O) groups excluding carboxylic acids is 1. The molecule has 1 aliphatic heterocycles. The minimum atomic E-state index is -0.426.